The molecule has 0 aromatic heterocycles. The molecule has 0 unspecified atom stereocenters. The van der Waals surface area contributed by atoms with Crippen LogP contribution in [0.4, 0.5) is 18.9 Å². The van der Waals surface area contributed by atoms with Crippen LogP contribution in [0.3, 0.4) is 0 Å². The predicted molar refractivity (Wildman–Crippen MR) is 79.3 cm³/mol. The van der Waals surface area contributed by atoms with Crippen molar-refractivity contribution in [3.8, 4) is 0 Å². The van der Waals surface area contributed by atoms with E-state index in [2.05, 4.69) is 5.32 Å². The zero-order chi connectivity index (χ0) is 16.0. The van der Waals surface area contributed by atoms with Gasteiger partial charge >= 0.3 is 6.18 Å². The molecule has 0 saturated carbocycles. The van der Waals surface area contributed by atoms with Crippen LogP contribution in [0.25, 0.3) is 0 Å². The molecule has 0 aliphatic heterocycles. The second-order valence-corrected chi connectivity index (χ2v) is 6.14. The van der Waals surface area contributed by atoms with Gasteiger partial charge in [0.25, 0.3) is 0 Å². The van der Waals surface area contributed by atoms with Crippen LogP contribution in [0, 0.1) is 5.92 Å². The van der Waals surface area contributed by atoms with E-state index in [4.69, 9.17) is 5.73 Å². The van der Waals surface area contributed by atoms with E-state index >= 15 is 0 Å². The Morgan fingerprint density at radius 3 is 2.52 bits per heavy atom. The molecule has 7 heteroatoms. The number of carbonyl (C=O) groups is 1. The largest absolute Gasteiger partial charge is 0.398 e. The number of anilines is 1. The predicted octanol–water partition coefficient (Wildman–Crippen LogP) is 3.65. The third kappa shape index (κ3) is 6.86. The van der Waals surface area contributed by atoms with Gasteiger partial charge in [-0.15, -0.1) is 11.8 Å². The lowest BCUT2D eigenvalue weighted by molar-refractivity contribution is -0.117. The van der Waals surface area contributed by atoms with Crippen molar-refractivity contribution in [2.75, 3.05) is 11.1 Å². The summed E-state index contributed by atoms with van der Waals surface area (Å²) in [5, 5.41) is 2.60. The van der Waals surface area contributed by atoms with Gasteiger partial charge in [-0.05, 0) is 24.5 Å². The molecule has 0 aliphatic rings. The Bertz CT molecular complexity index is 478. The zero-order valence-corrected chi connectivity index (χ0v) is 12.7. The number of para-hydroxylation sites is 1. The number of carbonyl (C=O) groups excluding carboxylic acids is 1. The third-order valence-corrected chi connectivity index (χ3v) is 3.74. The molecule has 0 bridgehead atoms. The van der Waals surface area contributed by atoms with Gasteiger partial charge in [-0.3, -0.25) is 4.79 Å². The number of alkyl halides is 3. The van der Waals surface area contributed by atoms with Gasteiger partial charge < -0.3 is 11.1 Å². The molecule has 0 aliphatic carbocycles. The number of benzene rings is 1. The molecule has 3 N–H and O–H groups in total. The summed E-state index contributed by atoms with van der Waals surface area (Å²) in [6.07, 6.45) is -3.74. The first kappa shape index (κ1) is 17.8. The molecule has 1 aromatic rings. The monoisotopic (exact) mass is 320 g/mol. The summed E-state index contributed by atoms with van der Waals surface area (Å²) < 4.78 is 36.8. The SMILES string of the molecule is CC(C)C[C@@H](N)C(=O)Nc1ccccc1SCC(F)(F)F. The van der Waals surface area contributed by atoms with Crippen molar-refractivity contribution in [1.29, 1.82) is 0 Å². The molecule has 21 heavy (non-hydrogen) atoms. The first-order valence-corrected chi connectivity index (χ1v) is 7.52. The van der Waals surface area contributed by atoms with E-state index in [-0.39, 0.29) is 11.8 Å². The van der Waals surface area contributed by atoms with Crippen LogP contribution in [-0.2, 0) is 4.79 Å². The Balaban J connectivity index is 2.72. The number of rotatable bonds is 6. The van der Waals surface area contributed by atoms with Crippen molar-refractivity contribution in [2.45, 2.75) is 37.4 Å². The average Bonchev–Trinajstić information content (AvgIpc) is 2.35. The van der Waals surface area contributed by atoms with Crippen LogP contribution in [0.1, 0.15) is 20.3 Å². The molecule has 1 amide bonds. The molecule has 0 saturated heterocycles. The quantitative estimate of drug-likeness (QED) is 0.787. The summed E-state index contributed by atoms with van der Waals surface area (Å²) in [5.74, 6) is -1.12. The van der Waals surface area contributed by atoms with Gasteiger partial charge in [0, 0.05) is 4.90 Å². The zero-order valence-electron chi connectivity index (χ0n) is 11.9. The third-order valence-electron chi connectivity index (χ3n) is 2.60. The van der Waals surface area contributed by atoms with Gasteiger partial charge in [0.15, 0.2) is 0 Å². The maximum Gasteiger partial charge on any atom is 0.398 e. The molecular weight excluding hydrogens is 301 g/mol. The second-order valence-electron chi connectivity index (χ2n) is 5.13. The Hall–Kier alpha value is -1.21. The average molecular weight is 320 g/mol. The molecule has 0 spiro atoms. The minimum absolute atomic E-state index is 0.264. The van der Waals surface area contributed by atoms with Crippen LogP contribution in [-0.4, -0.2) is 23.9 Å². The maximum absolute atomic E-state index is 12.3. The van der Waals surface area contributed by atoms with Crippen molar-refractivity contribution < 1.29 is 18.0 Å². The van der Waals surface area contributed by atoms with Gasteiger partial charge in [0.1, 0.15) is 0 Å². The maximum atomic E-state index is 12.3. The number of halogens is 3. The topological polar surface area (TPSA) is 55.1 Å². The second kappa shape index (κ2) is 7.70. The Kier molecular flexibility index (Phi) is 6.54. The van der Waals surface area contributed by atoms with Gasteiger partial charge in [0.05, 0.1) is 17.5 Å². The summed E-state index contributed by atoms with van der Waals surface area (Å²) in [6, 6.07) is 5.72. The highest BCUT2D eigenvalue weighted by Gasteiger charge is 2.28. The van der Waals surface area contributed by atoms with Crippen molar-refractivity contribution in [2.24, 2.45) is 11.7 Å². The van der Waals surface area contributed by atoms with E-state index in [9.17, 15) is 18.0 Å². The smallest absolute Gasteiger partial charge is 0.324 e. The lowest BCUT2D eigenvalue weighted by Gasteiger charge is -2.16. The van der Waals surface area contributed by atoms with Crippen LogP contribution in [0.5, 0.6) is 0 Å². The van der Waals surface area contributed by atoms with Crippen molar-refractivity contribution in [3.05, 3.63) is 24.3 Å². The van der Waals surface area contributed by atoms with Crippen LogP contribution >= 0.6 is 11.8 Å². The van der Waals surface area contributed by atoms with E-state index in [1.54, 1.807) is 24.3 Å². The lowest BCUT2D eigenvalue weighted by Crippen LogP contribution is -2.36. The lowest BCUT2D eigenvalue weighted by atomic mass is 10.0. The van der Waals surface area contributed by atoms with Gasteiger partial charge in [-0.1, -0.05) is 26.0 Å². The highest BCUT2D eigenvalue weighted by molar-refractivity contribution is 7.99. The fraction of sp³-hybridized carbons (Fsp3) is 0.500. The molecule has 1 atom stereocenters. The standard InChI is InChI=1S/C14H19F3N2OS/c1-9(2)7-10(18)13(20)19-11-5-3-4-6-12(11)21-8-14(15,16)17/h3-6,9-10H,7-8,18H2,1-2H3,(H,19,20)/t10-/m1/s1. The highest BCUT2D eigenvalue weighted by atomic mass is 32.2. The fourth-order valence-electron chi connectivity index (χ4n) is 1.70. The molecule has 3 nitrogen and oxygen atoms in total. The molecule has 0 heterocycles. The molecule has 0 radical (unpaired) electrons. The molecule has 1 rings (SSSR count). The van der Waals surface area contributed by atoms with Crippen LogP contribution in [0.15, 0.2) is 29.2 Å². The summed E-state index contributed by atoms with van der Waals surface area (Å²) in [6.45, 7) is 3.89. The van der Waals surface area contributed by atoms with Crippen LogP contribution < -0.4 is 11.1 Å². The van der Waals surface area contributed by atoms with Crippen molar-refractivity contribution >= 4 is 23.4 Å². The minimum atomic E-state index is -4.25. The van der Waals surface area contributed by atoms with Gasteiger partial charge in [-0.25, -0.2) is 0 Å². The van der Waals surface area contributed by atoms with E-state index in [1.807, 2.05) is 13.8 Å². The van der Waals surface area contributed by atoms with E-state index in [0.717, 1.165) is 0 Å². The first-order valence-electron chi connectivity index (χ1n) is 6.54. The Labute approximate surface area is 126 Å². The van der Waals surface area contributed by atoms with Crippen LogP contribution in [0.2, 0.25) is 0 Å². The number of hydrogen-bond acceptors (Lipinski definition) is 3. The van der Waals surface area contributed by atoms with Crippen molar-refractivity contribution in [1.82, 2.24) is 0 Å². The number of nitrogens with one attached hydrogen (secondary N) is 1. The molecule has 1 aromatic carbocycles. The van der Waals surface area contributed by atoms with Gasteiger partial charge in [0.2, 0.25) is 5.91 Å². The number of nitrogens with two attached hydrogens (primary N) is 1. The molecule has 0 fully saturated rings. The number of hydrogen-bond donors (Lipinski definition) is 2. The Morgan fingerprint density at radius 1 is 1.33 bits per heavy atom. The van der Waals surface area contributed by atoms with Gasteiger partial charge in [-0.2, -0.15) is 13.2 Å². The van der Waals surface area contributed by atoms with E-state index in [0.29, 0.717) is 28.8 Å². The number of thioether (sulfide) groups is 1. The summed E-state index contributed by atoms with van der Waals surface area (Å²) in [4.78, 5) is 12.3. The molecular formula is C14H19F3N2OS. The van der Waals surface area contributed by atoms with E-state index < -0.39 is 18.0 Å². The summed E-state index contributed by atoms with van der Waals surface area (Å²) in [5.41, 5.74) is 6.12. The summed E-state index contributed by atoms with van der Waals surface area (Å²) in [7, 11) is 0. The fourth-order valence-corrected chi connectivity index (χ4v) is 2.46. The number of amides is 1. The molecule has 118 valence electrons. The first-order chi connectivity index (χ1) is 9.69. The normalized spacial score (nSPS) is 13.3. The van der Waals surface area contributed by atoms with E-state index in [1.165, 1.54) is 0 Å². The minimum Gasteiger partial charge on any atom is -0.324 e. The highest BCUT2D eigenvalue weighted by Crippen LogP contribution is 2.32. The summed E-state index contributed by atoms with van der Waals surface area (Å²) >= 11 is 0.641. The Morgan fingerprint density at radius 2 is 1.95 bits per heavy atom. The van der Waals surface area contributed by atoms with Crippen molar-refractivity contribution in [3.63, 3.8) is 0 Å².